The maximum atomic E-state index is 8.67. The molecule has 0 saturated carbocycles. The third-order valence-corrected chi connectivity index (χ3v) is 2.92. The van der Waals surface area contributed by atoms with Gasteiger partial charge in [-0.2, -0.15) is 0 Å². The van der Waals surface area contributed by atoms with E-state index in [1.54, 1.807) is 12.4 Å². The van der Waals surface area contributed by atoms with Gasteiger partial charge < -0.3 is 10.4 Å². The Kier molecular flexibility index (Phi) is 4.06. The summed E-state index contributed by atoms with van der Waals surface area (Å²) >= 11 is 3.49. The highest BCUT2D eigenvalue weighted by atomic mass is 79.9. The first-order valence-electron chi connectivity index (χ1n) is 5.23. The molecule has 0 bridgehead atoms. The lowest BCUT2D eigenvalue weighted by Crippen LogP contribution is -2.08. The van der Waals surface area contributed by atoms with E-state index in [2.05, 4.69) is 31.2 Å². The second-order valence-corrected chi connectivity index (χ2v) is 4.28. The highest BCUT2D eigenvalue weighted by molar-refractivity contribution is 9.10. The van der Waals surface area contributed by atoms with E-state index in [1.807, 2.05) is 24.3 Å². The predicted molar refractivity (Wildman–Crippen MR) is 70.7 cm³/mol. The number of nitrogens with one attached hydrogen (secondary N) is 1. The molecule has 1 aromatic heterocycles. The number of aliphatic hydroxyl groups is 1. The van der Waals surface area contributed by atoms with E-state index in [4.69, 9.17) is 5.11 Å². The lowest BCUT2D eigenvalue weighted by atomic mass is 10.1. The normalized spacial score (nSPS) is 10.2. The second-order valence-electron chi connectivity index (χ2n) is 3.43. The van der Waals surface area contributed by atoms with Crippen molar-refractivity contribution in [3.63, 3.8) is 0 Å². The molecule has 0 aliphatic rings. The topological polar surface area (TPSA) is 58.0 Å². The Labute approximate surface area is 108 Å². The van der Waals surface area contributed by atoms with Gasteiger partial charge in [0, 0.05) is 29.0 Å². The van der Waals surface area contributed by atoms with E-state index in [1.165, 1.54) is 0 Å². The van der Waals surface area contributed by atoms with E-state index in [-0.39, 0.29) is 6.61 Å². The summed E-state index contributed by atoms with van der Waals surface area (Å²) in [5, 5.41) is 11.6. The van der Waals surface area contributed by atoms with Gasteiger partial charge in [0.2, 0.25) is 5.95 Å². The first-order valence-corrected chi connectivity index (χ1v) is 6.02. The zero-order valence-corrected chi connectivity index (χ0v) is 10.7. The Balaban J connectivity index is 2.21. The van der Waals surface area contributed by atoms with Crippen LogP contribution in [0.25, 0.3) is 11.1 Å². The van der Waals surface area contributed by atoms with Crippen LogP contribution in [-0.2, 0) is 0 Å². The summed E-state index contributed by atoms with van der Waals surface area (Å²) < 4.78 is 1.01. The molecule has 0 amide bonds. The Hall–Kier alpha value is -1.46. The summed E-state index contributed by atoms with van der Waals surface area (Å²) in [5.74, 6) is 0.523. The first-order chi connectivity index (χ1) is 8.31. The van der Waals surface area contributed by atoms with Crippen LogP contribution in [0.1, 0.15) is 0 Å². The van der Waals surface area contributed by atoms with Crippen LogP contribution < -0.4 is 5.32 Å². The fourth-order valence-corrected chi connectivity index (χ4v) is 1.94. The van der Waals surface area contributed by atoms with E-state index in [9.17, 15) is 0 Å². The number of hydrogen-bond donors (Lipinski definition) is 2. The van der Waals surface area contributed by atoms with Crippen molar-refractivity contribution in [2.24, 2.45) is 0 Å². The highest BCUT2D eigenvalue weighted by Gasteiger charge is 2.03. The van der Waals surface area contributed by atoms with E-state index >= 15 is 0 Å². The standard InChI is InChI=1S/C12H12BrN3O/c13-11-4-2-1-3-10(11)9-7-15-12(16-8-9)14-5-6-17/h1-4,7-8,17H,5-6H2,(H,14,15,16). The Bertz CT molecular complexity index is 487. The monoisotopic (exact) mass is 293 g/mol. The number of anilines is 1. The van der Waals surface area contributed by atoms with Gasteiger partial charge in [-0.25, -0.2) is 9.97 Å². The molecule has 0 atom stereocenters. The van der Waals surface area contributed by atoms with Crippen LogP contribution in [0.2, 0.25) is 0 Å². The molecule has 2 aromatic rings. The lowest BCUT2D eigenvalue weighted by molar-refractivity contribution is 0.311. The molecule has 1 aromatic carbocycles. The SMILES string of the molecule is OCCNc1ncc(-c2ccccc2Br)cn1. The number of aromatic nitrogens is 2. The summed E-state index contributed by atoms with van der Waals surface area (Å²) in [4.78, 5) is 8.36. The summed E-state index contributed by atoms with van der Waals surface area (Å²) in [6, 6.07) is 7.92. The smallest absolute Gasteiger partial charge is 0.222 e. The quantitative estimate of drug-likeness (QED) is 0.908. The van der Waals surface area contributed by atoms with Crippen LogP contribution in [0, 0.1) is 0 Å². The average molecular weight is 294 g/mol. The number of nitrogens with zero attached hydrogens (tertiary/aromatic N) is 2. The van der Waals surface area contributed by atoms with Gasteiger partial charge >= 0.3 is 0 Å². The summed E-state index contributed by atoms with van der Waals surface area (Å²) in [6.45, 7) is 0.518. The van der Waals surface area contributed by atoms with Crippen molar-refractivity contribution in [2.45, 2.75) is 0 Å². The van der Waals surface area contributed by atoms with Gasteiger partial charge in [-0.1, -0.05) is 34.1 Å². The molecule has 0 radical (unpaired) electrons. The summed E-state index contributed by atoms with van der Waals surface area (Å²) in [6.07, 6.45) is 3.51. The number of aliphatic hydroxyl groups excluding tert-OH is 1. The van der Waals surface area contributed by atoms with E-state index in [0.717, 1.165) is 15.6 Å². The van der Waals surface area contributed by atoms with Crippen molar-refractivity contribution >= 4 is 21.9 Å². The van der Waals surface area contributed by atoms with E-state index in [0.29, 0.717) is 12.5 Å². The van der Waals surface area contributed by atoms with Crippen molar-refractivity contribution in [1.82, 2.24) is 9.97 Å². The van der Waals surface area contributed by atoms with Crippen LogP contribution in [0.15, 0.2) is 41.1 Å². The van der Waals surface area contributed by atoms with Crippen LogP contribution in [0.4, 0.5) is 5.95 Å². The van der Waals surface area contributed by atoms with Crippen LogP contribution in [0.3, 0.4) is 0 Å². The van der Waals surface area contributed by atoms with Crippen molar-refractivity contribution in [3.05, 3.63) is 41.1 Å². The molecule has 88 valence electrons. The molecule has 4 nitrogen and oxygen atoms in total. The molecule has 0 aliphatic heterocycles. The molecule has 0 saturated heterocycles. The Morgan fingerprint density at radius 1 is 1.18 bits per heavy atom. The number of rotatable bonds is 4. The summed E-state index contributed by atoms with van der Waals surface area (Å²) in [5.41, 5.74) is 2.01. The molecular formula is C12H12BrN3O. The lowest BCUT2D eigenvalue weighted by Gasteiger charge is -2.05. The van der Waals surface area contributed by atoms with E-state index < -0.39 is 0 Å². The van der Waals surface area contributed by atoms with Crippen LogP contribution >= 0.6 is 15.9 Å². The minimum Gasteiger partial charge on any atom is -0.395 e. The molecular weight excluding hydrogens is 282 g/mol. The van der Waals surface area contributed by atoms with Gasteiger partial charge in [-0.05, 0) is 11.6 Å². The fraction of sp³-hybridized carbons (Fsp3) is 0.167. The molecule has 0 aliphatic carbocycles. The van der Waals surface area contributed by atoms with Crippen molar-refractivity contribution in [1.29, 1.82) is 0 Å². The minimum atomic E-state index is 0.0648. The molecule has 1 heterocycles. The fourth-order valence-electron chi connectivity index (χ4n) is 1.42. The maximum Gasteiger partial charge on any atom is 0.222 e. The number of benzene rings is 1. The summed E-state index contributed by atoms with van der Waals surface area (Å²) in [7, 11) is 0. The molecule has 17 heavy (non-hydrogen) atoms. The van der Waals surface area contributed by atoms with Gasteiger partial charge in [-0.15, -0.1) is 0 Å². The average Bonchev–Trinajstić information content (AvgIpc) is 2.38. The van der Waals surface area contributed by atoms with Gasteiger partial charge in [-0.3, -0.25) is 0 Å². The maximum absolute atomic E-state index is 8.67. The predicted octanol–water partition coefficient (Wildman–Crippen LogP) is 2.31. The largest absolute Gasteiger partial charge is 0.395 e. The first kappa shape index (κ1) is 12.0. The molecule has 0 spiro atoms. The molecule has 5 heteroatoms. The van der Waals surface area contributed by atoms with Gasteiger partial charge in [0.05, 0.1) is 6.61 Å². The zero-order valence-electron chi connectivity index (χ0n) is 9.10. The molecule has 2 rings (SSSR count). The number of hydrogen-bond acceptors (Lipinski definition) is 4. The minimum absolute atomic E-state index is 0.0648. The molecule has 0 fully saturated rings. The Morgan fingerprint density at radius 3 is 2.53 bits per heavy atom. The van der Waals surface area contributed by atoms with Gasteiger partial charge in [0.25, 0.3) is 0 Å². The van der Waals surface area contributed by atoms with Crippen molar-refractivity contribution < 1.29 is 5.11 Å². The molecule has 0 unspecified atom stereocenters. The van der Waals surface area contributed by atoms with Crippen LogP contribution in [0.5, 0.6) is 0 Å². The molecule has 2 N–H and O–H groups in total. The number of halogens is 1. The third kappa shape index (κ3) is 3.01. The highest BCUT2D eigenvalue weighted by Crippen LogP contribution is 2.26. The zero-order chi connectivity index (χ0) is 12.1. The van der Waals surface area contributed by atoms with Crippen molar-refractivity contribution in [2.75, 3.05) is 18.5 Å². The van der Waals surface area contributed by atoms with Gasteiger partial charge in [0.1, 0.15) is 0 Å². The van der Waals surface area contributed by atoms with Gasteiger partial charge in [0.15, 0.2) is 0 Å². The third-order valence-electron chi connectivity index (χ3n) is 2.23. The van der Waals surface area contributed by atoms with Crippen LogP contribution in [-0.4, -0.2) is 28.2 Å². The Morgan fingerprint density at radius 2 is 1.88 bits per heavy atom. The van der Waals surface area contributed by atoms with Crippen molar-refractivity contribution in [3.8, 4) is 11.1 Å². The second kappa shape index (κ2) is 5.75.